The van der Waals surface area contributed by atoms with Gasteiger partial charge in [0.25, 0.3) is 5.91 Å². The molecule has 8 heteroatoms. The molecule has 134 valence electrons. The first-order valence-corrected chi connectivity index (χ1v) is 10.7. The standard InChI is InChI=1S/C18H15ClN2O3S2/c19-16-14-6-1-2-7-15(14)25-17(16)18(22)20-12-4-3-5-13(10-12)26(23,24)21-11-8-9-11/h1-7,10-11,21H,8-9H2,(H,20,22). The van der Waals surface area contributed by atoms with Gasteiger partial charge in [0, 0.05) is 21.8 Å². The summed E-state index contributed by atoms with van der Waals surface area (Å²) in [7, 11) is -3.57. The van der Waals surface area contributed by atoms with Gasteiger partial charge in [0.2, 0.25) is 10.0 Å². The molecule has 26 heavy (non-hydrogen) atoms. The number of amides is 1. The molecule has 0 aliphatic heterocycles. The van der Waals surface area contributed by atoms with Gasteiger partial charge in [-0.05, 0) is 37.1 Å². The fourth-order valence-corrected chi connectivity index (χ4v) is 5.34. The highest BCUT2D eigenvalue weighted by Gasteiger charge is 2.28. The van der Waals surface area contributed by atoms with Gasteiger partial charge >= 0.3 is 0 Å². The second kappa shape index (κ2) is 6.66. The van der Waals surface area contributed by atoms with Crippen molar-refractivity contribution in [2.75, 3.05) is 5.32 Å². The minimum Gasteiger partial charge on any atom is -0.321 e. The quantitative estimate of drug-likeness (QED) is 0.665. The van der Waals surface area contributed by atoms with Crippen molar-refractivity contribution >= 4 is 54.6 Å². The predicted octanol–water partition coefficient (Wildman–Crippen LogP) is 4.25. The fraction of sp³-hybridized carbons (Fsp3) is 0.167. The maximum Gasteiger partial charge on any atom is 0.267 e. The maximum absolute atomic E-state index is 12.6. The molecular weight excluding hydrogens is 392 g/mol. The molecule has 1 aliphatic rings. The lowest BCUT2D eigenvalue weighted by molar-refractivity contribution is 0.103. The van der Waals surface area contributed by atoms with Crippen LogP contribution in [0.5, 0.6) is 0 Å². The van der Waals surface area contributed by atoms with Crippen LogP contribution in [0.15, 0.2) is 53.4 Å². The lowest BCUT2D eigenvalue weighted by Crippen LogP contribution is -2.25. The zero-order valence-electron chi connectivity index (χ0n) is 13.5. The van der Waals surface area contributed by atoms with Crippen molar-refractivity contribution in [3.63, 3.8) is 0 Å². The molecule has 1 heterocycles. The van der Waals surface area contributed by atoms with Gasteiger partial charge in [-0.25, -0.2) is 13.1 Å². The van der Waals surface area contributed by atoms with Gasteiger partial charge in [0.15, 0.2) is 0 Å². The minimum absolute atomic E-state index is 0.0237. The summed E-state index contributed by atoms with van der Waals surface area (Å²) in [5.41, 5.74) is 0.405. The average molecular weight is 407 g/mol. The first-order valence-electron chi connectivity index (χ1n) is 8.05. The lowest BCUT2D eigenvalue weighted by atomic mass is 10.2. The average Bonchev–Trinajstić information content (AvgIpc) is 3.36. The van der Waals surface area contributed by atoms with Gasteiger partial charge in [-0.1, -0.05) is 35.9 Å². The minimum atomic E-state index is -3.57. The Morgan fingerprint density at radius 1 is 1.12 bits per heavy atom. The molecule has 2 aromatic carbocycles. The topological polar surface area (TPSA) is 75.3 Å². The normalized spacial score (nSPS) is 14.5. The van der Waals surface area contributed by atoms with Crippen LogP contribution >= 0.6 is 22.9 Å². The predicted molar refractivity (Wildman–Crippen MR) is 105 cm³/mol. The second-order valence-electron chi connectivity index (χ2n) is 6.12. The van der Waals surface area contributed by atoms with Crippen molar-refractivity contribution in [2.45, 2.75) is 23.8 Å². The lowest BCUT2D eigenvalue weighted by Gasteiger charge is -2.08. The molecule has 1 aromatic heterocycles. The Morgan fingerprint density at radius 3 is 2.62 bits per heavy atom. The van der Waals surface area contributed by atoms with E-state index in [1.807, 2.05) is 24.3 Å². The number of carbonyl (C=O) groups is 1. The number of thiophene rings is 1. The van der Waals surface area contributed by atoms with E-state index in [1.54, 1.807) is 12.1 Å². The zero-order chi connectivity index (χ0) is 18.3. The van der Waals surface area contributed by atoms with Crippen LogP contribution in [0.1, 0.15) is 22.5 Å². The second-order valence-corrected chi connectivity index (χ2v) is 9.26. The van der Waals surface area contributed by atoms with E-state index in [1.165, 1.54) is 23.5 Å². The van der Waals surface area contributed by atoms with Crippen LogP contribution < -0.4 is 10.0 Å². The van der Waals surface area contributed by atoms with E-state index in [0.29, 0.717) is 15.6 Å². The highest BCUT2D eigenvalue weighted by atomic mass is 35.5. The Balaban J connectivity index is 1.59. The van der Waals surface area contributed by atoms with Crippen LogP contribution in [-0.4, -0.2) is 20.4 Å². The molecule has 1 amide bonds. The summed E-state index contributed by atoms with van der Waals surface area (Å²) < 4.78 is 28.2. The summed E-state index contributed by atoms with van der Waals surface area (Å²) in [6, 6.07) is 13.7. The van der Waals surface area contributed by atoms with Crippen LogP contribution in [0, 0.1) is 0 Å². The van der Waals surface area contributed by atoms with E-state index in [4.69, 9.17) is 11.6 Å². The van der Waals surface area contributed by atoms with Gasteiger partial charge in [-0.15, -0.1) is 11.3 Å². The molecule has 3 aromatic rings. The summed E-state index contributed by atoms with van der Waals surface area (Å²) in [5, 5.41) is 3.97. The summed E-state index contributed by atoms with van der Waals surface area (Å²) in [6.07, 6.45) is 1.72. The van der Waals surface area contributed by atoms with Gasteiger partial charge in [0.1, 0.15) is 4.88 Å². The number of hydrogen-bond acceptors (Lipinski definition) is 4. The monoisotopic (exact) mass is 406 g/mol. The molecule has 5 nitrogen and oxygen atoms in total. The molecule has 0 unspecified atom stereocenters. The summed E-state index contributed by atoms with van der Waals surface area (Å²) in [4.78, 5) is 13.1. The van der Waals surface area contributed by atoms with E-state index in [2.05, 4.69) is 10.0 Å². The third-order valence-electron chi connectivity index (χ3n) is 4.04. The van der Waals surface area contributed by atoms with E-state index in [0.717, 1.165) is 22.9 Å². The van der Waals surface area contributed by atoms with Crippen LogP contribution in [0.2, 0.25) is 5.02 Å². The Bertz CT molecular complexity index is 1100. The molecule has 0 spiro atoms. The molecule has 1 saturated carbocycles. The van der Waals surface area contributed by atoms with E-state index >= 15 is 0 Å². The fourth-order valence-electron chi connectivity index (χ4n) is 2.58. The van der Waals surface area contributed by atoms with Crippen LogP contribution in [0.4, 0.5) is 5.69 Å². The van der Waals surface area contributed by atoms with E-state index < -0.39 is 10.0 Å². The smallest absolute Gasteiger partial charge is 0.267 e. The Hall–Kier alpha value is -1.93. The van der Waals surface area contributed by atoms with Crippen molar-refractivity contribution in [1.82, 2.24) is 4.72 Å². The first-order chi connectivity index (χ1) is 12.4. The van der Waals surface area contributed by atoms with Crippen molar-refractivity contribution < 1.29 is 13.2 Å². The van der Waals surface area contributed by atoms with Crippen molar-refractivity contribution in [3.8, 4) is 0 Å². The molecule has 1 fully saturated rings. The number of carbonyl (C=O) groups excluding carboxylic acids is 1. The van der Waals surface area contributed by atoms with Crippen LogP contribution in [0.25, 0.3) is 10.1 Å². The summed E-state index contributed by atoms with van der Waals surface area (Å²) in [6.45, 7) is 0. The van der Waals surface area contributed by atoms with E-state index in [9.17, 15) is 13.2 Å². The van der Waals surface area contributed by atoms with Crippen molar-refractivity contribution in [2.24, 2.45) is 0 Å². The number of benzene rings is 2. The van der Waals surface area contributed by atoms with Crippen molar-refractivity contribution in [3.05, 3.63) is 58.4 Å². The maximum atomic E-state index is 12.6. The number of rotatable bonds is 5. The number of nitrogens with one attached hydrogen (secondary N) is 2. The third-order valence-corrected chi connectivity index (χ3v) is 7.23. The van der Waals surface area contributed by atoms with Gasteiger partial charge in [-0.2, -0.15) is 0 Å². The molecule has 0 saturated heterocycles. The van der Waals surface area contributed by atoms with Crippen LogP contribution in [-0.2, 0) is 10.0 Å². The Labute approximate surface area is 160 Å². The molecule has 4 rings (SSSR count). The van der Waals surface area contributed by atoms with Gasteiger partial charge < -0.3 is 5.32 Å². The Morgan fingerprint density at radius 2 is 1.88 bits per heavy atom. The zero-order valence-corrected chi connectivity index (χ0v) is 15.9. The summed E-state index contributed by atoms with van der Waals surface area (Å²) in [5.74, 6) is -0.360. The van der Waals surface area contributed by atoms with Crippen LogP contribution in [0.3, 0.4) is 0 Å². The number of fused-ring (bicyclic) bond motifs is 1. The molecule has 2 N–H and O–H groups in total. The first kappa shape index (κ1) is 17.5. The number of sulfonamides is 1. The van der Waals surface area contributed by atoms with Gasteiger partial charge in [-0.3, -0.25) is 4.79 Å². The Kier molecular flexibility index (Phi) is 4.48. The third kappa shape index (κ3) is 3.48. The highest BCUT2D eigenvalue weighted by molar-refractivity contribution is 7.89. The van der Waals surface area contributed by atoms with Gasteiger partial charge in [0.05, 0.1) is 9.92 Å². The molecule has 1 aliphatic carbocycles. The summed E-state index contributed by atoms with van der Waals surface area (Å²) >= 11 is 7.63. The molecule has 0 atom stereocenters. The largest absolute Gasteiger partial charge is 0.321 e. The van der Waals surface area contributed by atoms with E-state index in [-0.39, 0.29) is 16.8 Å². The number of anilines is 1. The molecular formula is C18H15ClN2O3S2. The number of halogens is 1. The SMILES string of the molecule is O=C(Nc1cccc(S(=O)(=O)NC2CC2)c1)c1sc2ccccc2c1Cl. The number of hydrogen-bond donors (Lipinski definition) is 2. The molecule has 0 bridgehead atoms. The highest BCUT2D eigenvalue weighted by Crippen LogP contribution is 2.35. The van der Waals surface area contributed by atoms with Crippen molar-refractivity contribution in [1.29, 1.82) is 0 Å². The molecule has 0 radical (unpaired) electrons.